The summed E-state index contributed by atoms with van der Waals surface area (Å²) < 4.78 is 24.6. The number of fused-ring (bicyclic) bond motifs is 2. The van der Waals surface area contributed by atoms with Gasteiger partial charge < -0.3 is 29.2 Å². The highest BCUT2D eigenvalue weighted by Crippen LogP contribution is 2.60. The van der Waals surface area contributed by atoms with E-state index in [1.165, 1.54) is 6.42 Å². The number of ether oxygens (including phenoxy) is 4. The Hall–Kier alpha value is -1.60. The largest absolute Gasteiger partial charge is 0.478 e. The normalized spacial score (nSPS) is 41.4. The Balaban J connectivity index is 0.000000349. The van der Waals surface area contributed by atoms with Gasteiger partial charge in [0.05, 0.1) is 19.8 Å². The standard InChI is InChI=1S/C22H37NO6.C4H4O4/c1-15-5-6-18-16(2)19(25-12-4-9-23-10-13-24-14-11-23)26-20-22(18)17(15)7-8-21(3,27-20)28-29-22;5-3(6)1-2-4(7)8/h15-20H,4-14H2,1-3H3;1-2H,(H,5,6)(H,7,8)/b;2-1-/t15-,16-,17?,18?,19+,20-,21-,22-;/m1./s1. The third kappa shape index (κ3) is 6.35. The van der Waals surface area contributed by atoms with Crippen molar-refractivity contribution in [3.8, 4) is 0 Å². The van der Waals surface area contributed by atoms with Crippen molar-refractivity contribution in [2.24, 2.45) is 23.7 Å². The summed E-state index contributed by atoms with van der Waals surface area (Å²) in [5.41, 5.74) is -0.499. The van der Waals surface area contributed by atoms with E-state index >= 15 is 0 Å². The molecular formula is C26H41NO10. The Bertz CT molecular complexity index is 816. The smallest absolute Gasteiger partial charge is 0.328 e. The van der Waals surface area contributed by atoms with Crippen LogP contribution in [0.5, 0.6) is 0 Å². The first-order valence-electron chi connectivity index (χ1n) is 13.4. The zero-order valence-electron chi connectivity index (χ0n) is 22.0. The summed E-state index contributed by atoms with van der Waals surface area (Å²) in [6.45, 7) is 12.0. The van der Waals surface area contributed by atoms with Crippen LogP contribution in [0.4, 0.5) is 0 Å². The van der Waals surface area contributed by atoms with Crippen molar-refractivity contribution < 1.29 is 48.5 Å². The van der Waals surface area contributed by atoms with E-state index in [0.29, 0.717) is 36.5 Å². The molecule has 210 valence electrons. The molecule has 0 amide bonds. The summed E-state index contributed by atoms with van der Waals surface area (Å²) in [6, 6.07) is 0. The number of carbonyl (C=O) groups is 2. The molecule has 2 bridgehead atoms. The van der Waals surface area contributed by atoms with Crippen LogP contribution in [0.3, 0.4) is 0 Å². The molecule has 0 radical (unpaired) electrons. The van der Waals surface area contributed by atoms with Gasteiger partial charge in [0.1, 0.15) is 0 Å². The minimum absolute atomic E-state index is 0.249. The van der Waals surface area contributed by atoms with E-state index in [0.717, 1.165) is 58.5 Å². The van der Waals surface area contributed by atoms with Crippen LogP contribution < -0.4 is 0 Å². The van der Waals surface area contributed by atoms with E-state index in [4.69, 9.17) is 38.9 Å². The summed E-state index contributed by atoms with van der Waals surface area (Å²) in [6.07, 6.45) is 5.69. The maximum Gasteiger partial charge on any atom is 0.328 e. The van der Waals surface area contributed by atoms with Gasteiger partial charge in [-0.1, -0.05) is 13.8 Å². The molecule has 11 heteroatoms. The number of carboxylic acids is 2. The van der Waals surface area contributed by atoms with E-state index in [2.05, 4.69) is 18.7 Å². The molecule has 5 aliphatic heterocycles. The van der Waals surface area contributed by atoms with Crippen LogP contribution in [0, 0.1) is 23.7 Å². The molecule has 5 saturated heterocycles. The Kier molecular flexibility index (Phi) is 9.26. The van der Waals surface area contributed by atoms with Crippen molar-refractivity contribution >= 4 is 11.9 Å². The van der Waals surface area contributed by atoms with Gasteiger partial charge >= 0.3 is 11.9 Å². The molecule has 1 spiro atoms. The van der Waals surface area contributed by atoms with E-state index in [-0.39, 0.29) is 12.2 Å². The Labute approximate surface area is 217 Å². The monoisotopic (exact) mass is 527 g/mol. The lowest BCUT2D eigenvalue weighted by Crippen LogP contribution is -2.70. The summed E-state index contributed by atoms with van der Waals surface area (Å²) in [7, 11) is 0. The highest BCUT2D eigenvalue weighted by molar-refractivity contribution is 5.89. The Morgan fingerprint density at radius 3 is 2.41 bits per heavy atom. The average Bonchev–Trinajstić information content (AvgIpc) is 3.10. The molecule has 2 N–H and O–H groups in total. The van der Waals surface area contributed by atoms with Gasteiger partial charge in [-0.05, 0) is 44.4 Å². The number of aliphatic carboxylic acids is 2. The average molecular weight is 528 g/mol. The van der Waals surface area contributed by atoms with Gasteiger partial charge in [0.2, 0.25) is 5.79 Å². The molecule has 8 atom stereocenters. The molecular weight excluding hydrogens is 486 g/mol. The highest BCUT2D eigenvalue weighted by Gasteiger charge is 2.69. The summed E-state index contributed by atoms with van der Waals surface area (Å²) in [5.74, 6) is -1.67. The van der Waals surface area contributed by atoms with E-state index in [1.807, 2.05) is 6.92 Å². The van der Waals surface area contributed by atoms with E-state index < -0.39 is 29.6 Å². The molecule has 6 fully saturated rings. The molecule has 11 nitrogen and oxygen atoms in total. The van der Waals surface area contributed by atoms with Crippen LogP contribution in [0.1, 0.15) is 52.9 Å². The van der Waals surface area contributed by atoms with Gasteiger partial charge in [-0.3, -0.25) is 4.90 Å². The van der Waals surface area contributed by atoms with Crippen molar-refractivity contribution in [1.29, 1.82) is 0 Å². The molecule has 1 saturated carbocycles. The second-order valence-corrected chi connectivity index (χ2v) is 11.0. The molecule has 0 aromatic rings. The van der Waals surface area contributed by atoms with Gasteiger partial charge in [0, 0.05) is 50.0 Å². The fourth-order valence-corrected chi connectivity index (χ4v) is 6.52. The van der Waals surface area contributed by atoms with Crippen LogP contribution in [-0.4, -0.2) is 90.5 Å². The number of carboxylic acid groups (broad SMARTS) is 2. The lowest BCUT2D eigenvalue weighted by Gasteiger charge is -2.60. The van der Waals surface area contributed by atoms with Crippen LogP contribution in [-0.2, 0) is 38.3 Å². The van der Waals surface area contributed by atoms with Crippen molar-refractivity contribution in [1.82, 2.24) is 4.90 Å². The van der Waals surface area contributed by atoms with Gasteiger partial charge in [0.25, 0.3) is 0 Å². The quantitative estimate of drug-likeness (QED) is 0.288. The third-order valence-electron chi connectivity index (χ3n) is 8.47. The van der Waals surface area contributed by atoms with Crippen molar-refractivity contribution in [3.63, 3.8) is 0 Å². The molecule has 0 aromatic carbocycles. The fraction of sp³-hybridized carbons (Fsp3) is 0.846. The van der Waals surface area contributed by atoms with Gasteiger partial charge in [-0.25, -0.2) is 19.4 Å². The van der Waals surface area contributed by atoms with Gasteiger partial charge in [-0.15, -0.1) is 0 Å². The molecule has 6 rings (SSSR count). The van der Waals surface area contributed by atoms with Gasteiger partial charge in [-0.2, -0.15) is 0 Å². The van der Waals surface area contributed by atoms with Crippen molar-refractivity contribution in [3.05, 3.63) is 12.2 Å². The second kappa shape index (κ2) is 12.1. The van der Waals surface area contributed by atoms with E-state index in [1.54, 1.807) is 0 Å². The van der Waals surface area contributed by atoms with Crippen LogP contribution in [0.2, 0.25) is 0 Å². The van der Waals surface area contributed by atoms with Gasteiger partial charge in [0.15, 0.2) is 18.2 Å². The Morgan fingerprint density at radius 2 is 1.73 bits per heavy atom. The number of hydrogen-bond donors (Lipinski definition) is 2. The van der Waals surface area contributed by atoms with Crippen LogP contribution in [0.25, 0.3) is 0 Å². The molecule has 0 aromatic heterocycles. The fourth-order valence-electron chi connectivity index (χ4n) is 6.52. The predicted octanol–water partition coefficient (Wildman–Crippen LogP) is 2.65. The topological polar surface area (TPSA) is 133 Å². The molecule has 6 aliphatic rings. The summed E-state index contributed by atoms with van der Waals surface area (Å²) >= 11 is 0. The lowest BCUT2D eigenvalue weighted by molar-refractivity contribution is -0.577. The number of hydrogen-bond acceptors (Lipinski definition) is 9. The summed E-state index contributed by atoms with van der Waals surface area (Å²) in [5, 5.41) is 15.6. The third-order valence-corrected chi connectivity index (χ3v) is 8.47. The van der Waals surface area contributed by atoms with Crippen LogP contribution in [0.15, 0.2) is 12.2 Å². The first-order chi connectivity index (χ1) is 17.6. The minimum atomic E-state index is -1.26. The zero-order valence-corrected chi connectivity index (χ0v) is 22.0. The highest BCUT2D eigenvalue weighted by atomic mass is 17.3. The number of rotatable bonds is 7. The Morgan fingerprint density at radius 1 is 1.03 bits per heavy atom. The number of nitrogens with zero attached hydrogens (tertiary/aromatic N) is 1. The maximum atomic E-state index is 9.55. The van der Waals surface area contributed by atoms with E-state index in [9.17, 15) is 9.59 Å². The minimum Gasteiger partial charge on any atom is -0.478 e. The number of morpholine rings is 1. The maximum absolute atomic E-state index is 9.55. The SMILES string of the molecule is C[C@@H]1CCC2[C@@H](C)[C@@H](OCCCN3CCOCC3)O[C@@H]3O[C@@]4(C)CCC1[C@@]23OO4.O=C(O)/C=C\C(=O)O. The molecule has 2 unspecified atom stereocenters. The predicted molar refractivity (Wildman–Crippen MR) is 129 cm³/mol. The molecule has 37 heavy (non-hydrogen) atoms. The van der Waals surface area contributed by atoms with Crippen LogP contribution >= 0.6 is 0 Å². The second-order valence-electron chi connectivity index (χ2n) is 11.0. The van der Waals surface area contributed by atoms with Crippen molar-refractivity contribution in [2.75, 3.05) is 39.5 Å². The summed E-state index contributed by atoms with van der Waals surface area (Å²) in [4.78, 5) is 33.6. The first-order valence-corrected chi connectivity index (χ1v) is 13.4. The van der Waals surface area contributed by atoms with Crippen molar-refractivity contribution in [2.45, 2.75) is 76.8 Å². The molecule has 1 aliphatic carbocycles. The first kappa shape index (κ1) is 28.4. The lowest BCUT2D eigenvalue weighted by atomic mass is 9.58. The zero-order chi connectivity index (χ0) is 26.6. The molecule has 5 heterocycles.